The quantitative estimate of drug-likeness (QED) is 0.701. The Morgan fingerprint density at radius 1 is 1.14 bits per heavy atom. The van der Waals surface area contributed by atoms with Gasteiger partial charge in [-0.05, 0) is 73.5 Å². The molecule has 1 atom stereocenters. The van der Waals surface area contributed by atoms with Gasteiger partial charge in [-0.3, -0.25) is 4.79 Å². The van der Waals surface area contributed by atoms with E-state index in [1.807, 2.05) is 47.8 Å². The highest BCUT2D eigenvalue weighted by Crippen LogP contribution is 2.26. The van der Waals surface area contributed by atoms with E-state index in [1.54, 1.807) is 11.3 Å². The lowest BCUT2D eigenvalue weighted by atomic mass is 9.97. The molecule has 1 aliphatic heterocycles. The SMILES string of the molecule is Cc1ccc(NC(=O)C2CCCN(c3ccc(-c4cccs4)nn3)C2)cc1C. The first-order valence-electron chi connectivity index (χ1n) is 9.61. The number of anilines is 2. The summed E-state index contributed by atoms with van der Waals surface area (Å²) in [6, 6.07) is 14.1. The van der Waals surface area contributed by atoms with E-state index in [1.165, 1.54) is 11.1 Å². The van der Waals surface area contributed by atoms with Crippen molar-refractivity contribution in [1.82, 2.24) is 10.2 Å². The molecule has 0 aliphatic carbocycles. The highest BCUT2D eigenvalue weighted by Gasteiger charge is 2.27. The van der Waals surface area contributed by atoms with Gasteiger partial charge in [0.25, 0.3) is 0 Å². The Morgan fingerprint density at radius 3 is 2.75 bits per heavy atom. The van der Waals surface area contributed by atoms with Crippen molar-refractivity contribution in [1.29, 1.82) is 0 Å². The van der Waals surface area contributed by atoms with Gasteiger partial charge in [-0.25, -0.2) is 0 Å². The third-order valence-electron chi connectivity index (χ3n) is 5.31. The number of benzene rings is 1. The van der Waals surface area contributed by atoms with Gasteiger partial charge in [0.1, 0.15) is 5.69 Å². The summed E-state index contributed by atoms with van der Waals surface area (Å²) in [4.78, 5) is 16.1. The Labute approximate surface area is 169 Å². The maximum atomic E-state index is 12.8. The van der Waals surface area contributed by atoms with Crippen molar-refractivity contribution in [2.75, 3.05) is 23.3 Å². The first-order valence-corrected chi connectivity index (χ1v) is 10.5. The van der Waals surface area contributed by atoms with Crippen LogP contribution in [0.25, 0.3) is 10.6 Å². The highest BCUT2D eigenvalue weighted by atomic mass is 32.1. The van der Waals surface area contributed by atoms with E-state index in [2.05, 4.69) is 34.3 Å². The number of rotatable bonds is 4. The predicted octanol–water partition coefficient (Wildman–Crippen LogP) is 4.68. The van der Waals surface area contributed by atoms with E-state index < -0.39 is 0 Å². The standard InChI is InChI=1S/C22H24N4OS/c1-15-7-8-18(13-16(15)2)23-22(27)17-5-3-11-26(14-17)21-10-9-19(24-25-21)20-6-4-12-28-20/h4,6-10,12-13,17H,3,5,11,14H2,1-2H3,(H,23,27). The third kappa shape index (κ3) is 4.07. The number of hydrogen-bond donors (Lipinski definition) is 1. The Balaban J connectivity index is 1.42. The fraction of sp³-hybridized carbons (Fsp3) is 0.318. The fourth-order valence-electron chi connectivity index (χ4n) is 3.51. The minimum absolute atomic E-state index is 0.0471. The van der Waals surface area contributed by atoms with Crippen LogP contribution in [-0.4, -0.2) is 29.2 Å². The molecule has 1 amide bonds. The van der Waals surface area contributed by atoms with Gasteiger partial charge in [0.15, 0.2) is 5.82 Å². The molecule has 5 nitrogen and oxygen atoms in total. The van der Waals surface area contributed by atoms with Crippen LogP contribution in [0.1, 0.15) is 24.0 Å². The molecule has 1 fully saturated rings. The molecule has 28 heavy (non-hydrogen) atoms. The van der Waals surface area contributed by atoms with Gasteiger partial charge in [0, 0.05) is 18.8 Å². The number of nitrogens with one attached hydrogen (secondary N) is 1. The van der Waals surface area contributed by atoms with Gasteiger partial charge < -0.3 is 10.2 Å². The van der Waals surface area contributed by atoms with Gasteiger partial charge in [0.05, 0.1) is 10.8 Å². The van der Waals surface area contributed by atoms with Gasteiger partial charge in [0.2, 0.25) is 5.91 Å². The lowest BCUT2D eigenvalue weighted by Gasteiger charge is -2.32. The van der Waals surface area contributed by atoms with E-state index in [0.29, 0.717) is 6.54 Å². The summed E-state index contributed by atoms with van der Waals surface area (Å²) in [6.45, 7) is 5.71. The number of nitrogens with zero attached hydrogens (tertiary/aromatic N) is 3. The Morgan fingerprint density at radius 2 is 2.04 bits per heavy atom. The zero-order chi connectivity index (χ0) is 19.5. The van der Waals surface area contributed by atoms with E-state index in [9.17, 15) is 4.79 Å². The van der Waals surface area contributed by atoms with Gasteiger partial charge >= 0.3 is 0 Å². The number of aromatic nitrogens is 2. The Kier molecular flexibility index (Phi) is 5.39. The second kappa shape index (κ2) is 8.10. The van der Waals surface area contributed by atoms with Crippen molar-refractivity contribution < 1.29 is 4.79 Å². The number of aryl methyl sites for hydroxylation is 2. The van der Waals surface area contributed by atoms with E-state index in [0.717, 1.165) is 41.5 Å². The molecule has 1 unspecified atom stereocenters. The lowest BCUT2D eigenvalue weighted by molar-refractivity contribution is -0.120. The molecule has 4 rings (SSSR count). The molecule has 144 valence electrons. The molecule has 1 aromatic carbocycles. The number of carbonyl (C=O) groups is 1. The van der Waals surface area contributed by atoms with Crippen molar-refractivity contribution in [2.45, 2.75) is 26.7 Å². The van der Waals surface area contributed by atoms with Crippen molar-refractivity contribution >= 4 is 28.7 Å². The number of hydrogen-bond acceptors (Lipinski definition) is 5. The molecule has 1 N–H and O–H groups in total. The summed E-state index contributed by atoms with van der Waals surface area (Å²) < 4.78 is 0. The maximum Gasteiger partial charge on any atom is 0.229 e. The lowest BCUT2D eigenvalue weighted by Crippen LogP contribution is -2.41. The first-order chi connectivity index (χ1) is 13.6. The summed E-state index contributed by atoms with van der Waals surface area (Å²) in [5.41, 5.74) is 4.17. The van der Waals surface area contributed by atoms with E-state index in [4.69, 9.17) is 0 Å². The van der Waals surface area contributed by atoms with Gasteiger partial charge in [-0.2, -0.15) is 0 Å². The monoisotopic (exact) mass is 392 g/mol. The number of carbonyl (C=O) groups excluding carboxylic acids is 1. The molecule has 1 saturated heterocycles. The summed E-state index contributed by atoms with van der Waals surface area (Å²) in [5, 5.41) is 13.9. The van der Waals surface area contributed by atoms with Crippen molar-refractivity contribution in [3.8, 4) is 10.6 Å². The topological polar surface area (TPSA) is 58.1 Å². The van der Waals surface area contributed by atoms with Crippen LogP contribution in [-0.2, 0) is 4.79 Å². The molecule has 0 bridgehead atoms. The molecule has 0 radical (unpaired) electrons. The minimum Gasteiger partial charge on any atom is -0.354 e. The molecular formula is C22H24N4OS. The fourth-order valence-corrected chi connectivity index (χ4v) is 4.20. The summed E-state index contributed by atoms with van der Waals surface area (Å²) >= 11 is 1.66. The molecule has 1 aliphatic rings. The average molecular weight is 393 g/mol. The molecular weight excluding hydrogens is 368 g/mol. The Bertz CT molecular complexity index is 953. The first kappa shape index (κ1) is 18.6. The zero-order valence-corrected chi connectivity index (χ0v) is 17.0. The second-order valence-corrected chi connectivity index (χ2v) is 8.28. The van der Waals surface area contributed by atoms with Crippen LogP contribution in [0.15, 0.2) is 47.8 Å². The normalized spacial score (nSPS) is 16.8. The van der Waals surface area contributed by atoms with Crippen LogP contribution in [0.5, 0.6) is 0 Å². The number of amides is 1. The molecule has 3 heterocycles. The summed E-state index contributed by atoms with van der Waals surface area (Å²) in [7, 11) is 0. The van der Waals surface area contributed by atoms with Crippen molar-refractivity contribution in [3.05, 3.63) is 59.0 Å². The molecule has 6 heteroatoms. The Hall–Kier alpha value is -2.73. The molecule has 3 aromatic rings. The molecule has 0 saturated carbocycles. The van der Waals surface area contributed by atoms with Gasteiger partial charge in [-0.1, -0.05) is 12.1 Å². The number of thiophene rings is 1. The van der Waals surface area contributed by atoms with Crippen LogP contribution in [0.2, 0.25) is 0 Å². The average Bonchev–Trinajstić information content (AvgIpc) is 3.26. The van der Waals surface area contributed by atoms with Crippen LogP contribution < -0.4 is 10.2 Å². The third-order valence-corrected chi connectivity index (χ3v) is 6.21. The van der Waals surface area contributed by atoms with E-state index >= 15 is 0 Å². The van der Waals surface area contributed by atoms with Crippen LogP contribution in [0, 0.1) is 19.8 Å². The number of piperidine rings is 1. The van der Waals surface area contributed by atoms with Crippen LogP contribution in [0.3, 0.4) is 0 Å². The van der Waals surface area contributed by atoms with E-state index in [-0.39, 0.29) is 11.8 Å². The smallest absolute Gasteiger partial charge is 0.229 e. The highest BCUT2D eigenvalue weighted by molar-refractivity contribution is 7.13. The van der Waals surface area contributed by atoms with Crippen molar-refractivity contribution in [2.24, 2.45) is 5.92 Å². The summed E-state index contributed by atoms with van der Waals surface area (Å²) in [6.07, 6.45) is 1.87. The van der Waals surface area contributed by atoms with Crippen LogP contribution >= 0.6 is 11.3 Å². The minimum atomic E-state index is -0.0471. The largest absolute Gasteiger partial charge is 0.354 e. The zero-order valence-electron chi connectivity index (χ0n) is 16.2. The predicted molar refractivity (Wildman–Crippen MR) is 115 cm³/mol. The maximum absolute atomic E-state index is 12.8. The summed E-state index contributed by atoms with van der Waals surface area (Å²) in [5.74, 6) is 0.870. The molecule has 0 spiro atoms. The van der Waals surface area contributed by atoms with Crippen LogP contribution in [0.4, 0.5) is 11.5 Å². The second-order valence-electron chi connectivity index (χ2n) is 7.33. The van der Waals surface area contributed by atoms with Crippen molar-refractivity contribution in [3.63, 3.8) is 0 Å². The molecule has 2 aromatic heterocycles. The van der Waals surface area contributed by atoms with Gasteiger partial charge in [-0.15, -0.1) is 21.5 Å².